The highest BCUT2D eigenvalue weighted by molar-refractivity contribution is 6.32. The minimum Gasteiger partial charge on any atom is -0.0622 e. The van der Waals surface area contributed by atoms with Gasteiger partial charge in [0.1, 0.15) is 0 Å². The first-order valence-corrected chi connectivity index (χ1v) is 18.8. The molecule has 0 unspecified atom stereocenters. The summed E-state index contributed by atoms with van der Waals surface area (Å²) in [7, 11) is 0. The molecule has 0 aliphatic carbocycles. The van der Waals surface area contributed by atoms with Crippen LogP contribution in [0.25, 0.3) is 109 Å². The van der Waals surface area contributed by atoms with Gasteiger partial charge in [-0.1, -0.05) is 200 Å². The van der Waals surface area contributed by atoms with E-state index in [1.807, 2.05) is 0 Å². The third-order valence-corrected chi connectivity index (χ3v) is 11.4. The lowest BCUT2D eigenvalue weighted by Crippen LogP contribution is -1.97. The van der Waals surface area contributed by atoms with Gasteiger partial charge in [-0.05, 0) is 115 Å². The molecule has 0 heteroatoms. The molecule has 250 valence electrons. The molecule has 0 spiro atoms. The van der Waals surface area contributed by atoms with Gasteiger partial charge in [0.25, 0.3) is 0 Å². The fourth-order valence-electron chi connectivity index (χ4n) is 9.21. The van der Waals surface area contributed by atoms with Crippen molar-refractivity contribution < 1.29 is 0 Å². The van der Waals surface area contributed by atoms with Crippen molar-refractivity contribution in [1.29, 1.82) is 0 Å². The van der Waals surface area contributed by atoms with Gasteiger partial charge in [-0.3, -0.25) is 0 Å². The normalized spacial score (nSPS) is 11.7. The first-order valence-electron chi connectivity index (χ1n) is 18.8. The minimum atomic E-state index is 1.21. The quantitative estimate of drug-likeness (QED) is 0.128. The lowest BCUT2D eigenvalue weighted by atomic mass is 9.78. The Kier molecular flexibility index (Phi) is 6.97. The number of benzene rings is 11. The summed E-state index contributed by atoms with van der Waals surface area (Å²) in [5.74, 6) is 0. The van der Waals surface area contributed by atoms with Gasteiger partial charge in [-0.2, -0.15) is 0 Å². The molecule has 0 heterocycles. The van der Waals surface area contributed by atoms with Crippen LogP contribution in [0.5, 0.6) is 0 Å². The van der Waals surface area contributed by atoms with Crippen LogP contribution in [0.1, 0.15) is 0 Å². The van der Waals surface area contributed by atoms with Gasteiger partial charge in [0, 0.05) is 0 Å². The highest BCUT2D eigenvalue weighted by Crippen LogP contribution is 2.52. The van der Waals surface area contributed by atoms with E-state index in [1.165, 1.54) is 109 Å². The third kappa shape index (κ3) is 4.57. The van der Waals surface area contributed by atoms with E-state index >= 15 is 0 Å². The van der Waals surface area contributed by atoms with Crippen molar-refractivity contribution in [2.45, 2.75) is 0 Å². The van der Waals surface area contributed by atoms with Gasteiger partial charge in [-0.15, -0.1) is 0 Å². The summed E-state index contributed by atoms with van der Waals surface area (Å²) in [6.45, 7) is 0. The fraction of sp³-hybridized carbons (Fsp3) is 0. The van der Waals surface area contributed by atoms with Crippen LogP contribution in [0.15, 0.2) is 206 Å². The molecule has 0 amide bonds. The molecule has 0 bridgehead atoms. The van der Waals surface area contributed by atoms with Crippen molar-refractivity contribution >= 4 is 64.6 Å². The van der Waals surface area contributed by atoms with Gasteiger partial charge in [0.05, 0.1) is 0 Å². The lowest BCUT2D eigenvalue weighted by Gasteiger charge is -2.24. The van der Waals surface area contributed by atoms with Crippen molar-refractivity contribution in [2.75, 3.05) is 0 Å². The van der Waals surface area contributed by atoms with E-state index in [1.54, 1.807) is 0 Å². The molecule has 0 fully saturated rings. The lowest BCUT2D eigenvalue weighted by molar-refractivity contribution is 1.60. The molecular weight excluding hydrogens is 649 g/mol. The van der Waals surface area contributed by atoms with Crippen LogP contribution in [-0.4, -0.2) is 0 Å². The van der Waals surface area contributed by atoms with Crippen LogP contribution in [0.4, 0.5) is 0 Å². The highest BCUT2D eigenvalue weighted by Gasteiger charge is 2.25. The maximum atomic E-state index is 2.41. The van der Waals surface area contributed by atoms with Crippen molar-refractivity contribution in [3.8, 4) is 44.5 Å². The molecule has 0 nitrogen and oxygen atoms in total. The molecule has 0 saturated heterocycles. The minimum absolute atomic E-state index is 1.21. The average molecular weight is 683 g/mol. The largest absolute Gasteiger partial charge is 0.0622 e. The number of rotatable bonds is 4. The summed E-state index contributed by atoms with van der Waals surface area (Å²) in [5.41, 5.74) is 9.99. The second-order valence-corrected chi connectivity index (χ2v) is 14.3. The van der Waals surface area contributed by atoms with Gasteiger partial charge in [0.15, 0.2) is 0 Å². The van der Waals surface area contributed by atoms with Gasteiger partial charge in [0.2, 0.25) is 0 Å². The maximum Gasteiger partial charge on any atom is -0.000786 e. The number of fused-ring (bicyclic) bond motifs is 9. The van der Waals surface area contributed by atoms with Crippen molar-refractivity contribution in [3.05, 3.63) is 206 Å². The summed E-state index contributed by atoms with van der Waals surface area (Å²) < 4.78 is 0. The van der Waals surface area contributed by atoms with E-state index in [0.29, 0.717) is 0 Å². The zero-order valence-corrected chi connectivity index (χ0v) is 29.6. The topological polar surface area (TPSA) is 0 Å². The Hall–Kier alpha value is -7.02. The van der Waals surface area contributed by atoms with Crippen LogP contribution in [0.3, 0.4) is 0 Å². The van der Waals surface area contributed by atoms with Crippen LogP contribution in [-0.2, 0) is 0 Å². The molecule has 54 heavy (non-hydrogen) atoms. The Morgan fingerprint density at radius 1 is 0.204 bits per heavy atom. The zero-order chi connectivity index (χ0) is 35.6. The first kappa shape index (κ1) is 30.6. The highest BCUT2D eigenvalue weighted by atomic mass is 14.3. The second kappa shape index (κ2) is 12.3. The third-order valence-electron chi connectivity index (χ3n) is 11.4. The predicted molar refractivity (Wildman–Crippen MR) is 233 cm³/mol. The molecule has 0 atom stereocenters. The van der Waals surface area contributed by atoms with E-state index in [-0.39, 0.29) is 0 Å². The summed E-state index contributed by atoms with van der Waals surface area (Å²) in [4.78, 5) is 0. The summed E-state index contributed by atoms with van der Waals surface area (Å²) in [5, 5.41) is 15.2. The Morgan fingerprint density at radius 2 is 0.611 bits per heavy atom. The van der Waals surface area contributed by atoms with Gasteiger partial charge >= 0.3 is 0 Å². The van der Waals surface area contributed by atoms with Crippen LogP contribution < -0.4 is 0 Å². The Labute approximate surface area is 314 Å². The molecule has 0 saturated carbocycles. The van der Waals surface area contributed by atoms with E-state index < -0.39 is 0 Å². The van der Waals surface area contributed by atoms with Crippen molar-refractivity contribution in [2.24, 2.45) is 0 Å². The van der Waals surface area contributed by atoms with Crippen LogP contribution in [0.2, 0.25) is 0 Å². The molecule has 11 aromatic rings. The summed E-state index contributed by atoms with van der Waals surface area (Å²) in [6.07, 6.45) is 0. The van der Waals surface area contributed by atoms with Crippen molar-refractivity contribution in [1.82, 2.24) is 0 Å². The first-order chi connectivity index (χ1) is 26.8. The van der Waals surface area contributed by atoms with E-state index in [2.05, 4.69) is 206 Å². The smallest absolute Gasteiger partial charge is 0.000786 e. The Bertz CT molecular complexity index is 3140. The molecule has 0 radical (unpaired) electrons. The zero-order valence-electron chi connectivity index (χ0n) is 29.6. The molecule has 0 aromatic heterocycles. The number of hydrogen-bond donors (Lipinski definition) is 0. The monoisotopic (exact) mass is 682 g/mol. The predicted octanol–water partition coefficient (Wildman–Crippen LogP) is 15.3. The van der Waals surface area contributed by atoms with E-state index in [0.717, 1.165) is 0 Å². The second-order valence-electron chi connectivity index (χ2n) is 14.3. The van der Waals surface area contributed by atoms with Crippen molar-refractivity contribution in [3.63, 3.8) is 0 Å². The molecule has 0 aliphatic rings. The van der Waals surface area contributed by atoms with Crippen LogP contribution >= 0.6 is 0 Å². The van der Waals surface area contributed by atoms with E-state index in [4.69, 9.17) is 0 Å². The molecule has 0 aliphatic heterocycles. The molecule has 0 N–H and O–H groups in total. The standard InChI is InChI=1S/C54H34/c1-3-18-35(19-4-1)49-34-37-22-7-8-23-38(37)50(36-20-5-2-6-21-36)54(49)53-46-30-15-13-28-44(46)52(45-29-14-16-31-47(45)53)48-33-17-32-43-41-25-10-9-24-39(41)40-26-11-12-27-42(40)51(43)48/h1-34H. The number of hydrogen-bond acceptors (Lipinski definition) is 0. The summed E-state index contributed by atoms with van der Waals surface area (Å²) in [6, 6.07) is 76.1. The molecule has 11 rings (SSSR count). The molecule has 11 aromatic carbocycles. The van der Waals surface area contributed by atoms with Gasteiger partial charge < -0.3 is 0 Å². The Morgan fingerprint density at radius 3 is 1.19 bits per heavy atom. The summed E-state index contributed by atoms with van der Waals surface area (Å²) >= 11 is 0. The van der Waals surface area contributed by atoms with E-state index in [9.17, 15) is 0 Å². The van der Waals surface area contributed by atoms with Crippen LogP contribution in [0, 0.1) is 0 Å². The molecular formula is C54H34. The fourth-order valence-corrected chi connectivity index (χ4v) is 9.21. The Balaban J connectivity index is 1.36. The van der Waals surface area contributed by atoms with Gasteiger partial charge in [-0.25, -0.2) is 0 Å². The SMILES string of the molecule is c1ccc(-c2cc3ccccc3c(-c3ccccc3)c2-c2c3ccccc3c(-c3cccc4c5ccccc5c5ccccc5c34)c3ccccc23)cc1. The maximum absolute atomic E-state index is 2.41. The average Bonchev–Trinajstić information content (AvgIpc) is 3.25.